The molecule has 15 heavy (non-hydrogen) atoms. The summed E-state index contributed by atoms with van der Waals surface area (Å²) in [5.41, 5.74) is 0. The predicted octanol–water partition coefficient (Wildman–Crippen LogP) is 1.53. The van der Waals surface area contributed by atoms with Gasteiger partial charge in [0.05, 0.1) is 12.7 Å². The van der Waals surface area contributed by atoms with Crippen molar-refractivity contribution in [2.24, 2.45) is 5.92 Å². The molecule has 0 bridgehead atoms. The lowest BCUT2D eigenvalue weighted by Gasteiger charge is -2.18. The Balaban J connectivity index is 3.62. The maximum absolute atomic E-state index is 11.9. The van der Waals surface area contributed by atoms with Crippen molar-refractivity contribution in [2.45, 2.75) is 26.4 Å². The zero-order chi connectivity index (χ0) is 11.7. The molecule has 0 amide bonds. The first-order chi connectivity index (χ1) is 7.06. The van der Waals surface area contributed by atoms with Gasteiger partial charge in [-0.25, -0.2) is 8.78 Å². The Bertz CT molecular complexity index is 145. The number of alkyl halides is 2. The van der Waals surface area contributed by atoms with Crippen molar-refractivity contribution < 1.29 is 18.3 Å². The van der Waals surface area contributed by atoms with Crippen LogP contribution in [0.4, 0.5) is 8.78 Å². The summed E-state index contributed by atoms with van der Waals surface area (Å²) in [4.78, 5) is 0. The Kier molecular flexibility index (Phi) is 8.85. The summed E-state index contributed by atoms with van der Waals surface area (Å²) in [6, 6.07) is 0. The van der Waals surface area contributed by atoms with Gasteiger partial charge in [0.2, 0.25) is 0 Å². The van der Waals surface area contributed by atoms with Gasteiger partial charge in [-0.1, -0.05) is 13.8 Å². The lowest BCUT2D eigenvalue weighted by molar-refractivity contribution is -0.0496. The quantitative estimate of drug-likeness (QED) is 0.645. The van der Waals surface area contributed by atoms with Crippen LogP contribution in [0.15, 0.2) is 0 Å². The minimum Gasteiger partial charge on any atom is -0.382 e. The number of halogens is 2. The molecule has 1 unspecified atom stereocenters. The normalized spacial score (nSPS) is 13.8. The second-order valence-electron chi connectivity index (χ2n) is 3.85. The first kappa shape index (κ1) is 14.7. The Labute approximate surface area is 90.1 Å². The minimum absolute atomic E-state index is 0.303. The fraction of sp³-hybridized carbons (Fsp3) is 1.00. The van der Waals surface area contributed by atoms with Gasteiger partial charge in [-0.15, -0.1) is 0 Å². The van der Waals surface area contributed by atoms with Gasteiger partial charge >= 0.3 is 0 Å². The van der Waals surface area contributed by atoms with Crippen molar-refractivity contribution in [1.29, 1.82) is 0 Å². The Morgan fingerprint density at radius 2 is 1.80 bits per heavy atom. The van der Waals surface area contributed by atoms with E-state index in [-0.39, 0.29) is 6.10 Å². The highest BCUT2D eigenvalue weighted by Gasteiger charge is 2.12. The molecule has 0 aliphatic rings. The van der Waals surface area contributed by atoms with E-state index in [4.69, 9.17) is 9.47 Å². The highest BCUT2D eigenvalue weighted by Crippen LogP contribution is 1.98. The first-order valence-corrected chi connectivity index (χ1v) is 5.15. The van der Waals surface area contributed by atoms with Crippen LogP contribution in [0.3, 0.4) is 0 Å². The standard InChI is InChI=1S/C10H21F2NO2/c1-8(2)4-13-5-9(6-14-3)15-7-10(11)12/h8-10,13H,4-7H2,1-3H3. The zero-order valence-electron chi connectivity index (χ0n) is 9.63. The summed E-state index contributed by atoms with van der Waals surface area (Å²) < 4.78 is 33.7. The zero-order valence-corrected chi connectivity index (χ0v) is 9.63. The number of rotatable bonds is 9. The Morgan fingerprint density at radius 3 is 2.27 bits per heavy atom. The van der Waals surface area contributed by atoms with Crippen LogP contribution in [-0.4, -0.2) is 45.9 Å². The lowest BCUT2D eigenvalue weighted by atomic mass is 10.2. The van der Waals surface area contributed by atoms with Crippen molar-refractivity contribution >= 4 is 0 Å². The fourth-order valence-corrected chi connectivity index (χ4v) is 1.09. The molecule has 0 rings (SSSR count). The molecule has 0 aliphatic carbocycles. The topological polar surface area (TPSA) is 30.5 Å². The van der Waals surface area contributed by atoms with Gasteiger partial charge in [0.15, 0.2) is 0 Å². The molecule has 0 heterocycles. The number of methoxy groups -OCH3 is 1. The summed E-state index contributed by atoms with van der Waals surface area (Å²) >= 11 is 0. The smallest absolute Gasteiger partial charge is 0.261 e. The van der Waals surface area contributed by atoms with E-state index in [1.54, 1.807) is 0 Å². The highest BCUT2D eigenvalue weighted by molar-refractivity contribution is 4.62. The van der Waals surface area contributed by atoms with Crippen molar-refractivity contribution in [1.82, 2.24) is 5.32 Å². The lowest BCUT2D eigenvalue weighted by Crippen LogP contribution is -2.35. The van der Waals surface area contributed by atoms with Crippen LogP contribution in [0.25, 0.3) is 0 Å². The molecule has 0 aliphatic heterocycles. The molecule has 0 radical (unpaired) electrons. The van der Waals surface area contributed by atoms with E-state index in [0.717, 1.165) is 6.54 Å². The van der Waals surface area contributed by atoms with Crippen LogP contribution in [0.2, 0.25) is 0 Å². The SMILES string of the molecule is COCC(CNCC(C)C)OCC(F)F. The van der Waals surface area contributed by atoms with E-state index < -0.39 is 13.0 Å². The van der Waals surface area contributed by atoms with Gasteiger partial charge < -0.3 is 14.8 Å². The highest BCUT2D eigenvalue weighted by atomic mass is 19.3. The molecule has 0 saturated heterocycles. The molecule has 0 aromatic carbocycles. The number of hydrogen-bond acceptors (Lipinski definition) is 3. The molecule has 5 heteroatoms. The van der Waals surface area contributed by atoms with E-state index in [1.807, 2.05) is 0 Å². The van der Waals surface area contributed by atoms with Crippen LogP contribution < -0.4 is 5.32 Å². The maximum atomic E-state index is 11.9. The molecule has 0 spiro atoms. The van der Waals surface area contributed by atoms with Crippen molar-refractivity contribution in [3.05, 3.63) is 0 Å². The fourth-order valence-electron chi connectivity index (χ4n) is 1.09. The van der Waals surface area contributed by atoms with Crippen LogP contribution in [0.1, 0.15) is 13.8 Å². The largest absolute Gasteiger partial charge is 0.382 e. The molecular formula is C10H21F2NO2. The van der Waals surface area contributed by atoms with E-state index >= 15 is 0 Å². The third-order valence-electron chi connectivity index (χ3n) is 1.74. The average Bonchev–Trinajstić information content (AvgIpc) is 2.13. The monoisotopic (exact) mass is 225 g/mol. The molecule has 1 atom stereocenters. The summed E-state index contributed by atoms with van der Waals surface area (Å²) in [6.45, 7) is 5.35. The van der Waals surface area contributed by atoms with Crippen LogP contribution in [0.5, 0.6) is 0 Å². The molecular weight excluding hydrogens is 204 g/mol. The average molecular weight is 225 g/mol. The van der Waals surface area contributed by atoms with Gasteiger partial charge in [-0.3, -0.25) is 0 Å². The van der Waals surface area contributed by atoms with E-state index in [9.17, 15) is 8.78 Å². The van der Waals surface area contributed by atoms with Crippen LogP contribution >= 0.6 is 0 Å². The van der Waals surface area contributed by atoms with Crippen LogP contribution in [-0.2, 0) is 9.47 Å². The van der Waals surface area contributed by atoms with Crippen LogP contribution in [0, 0.1) is 5.92 Å². The van der Waals surface area contributed by atoms with Gasteiger partial charge in [-0.05, 0) is 12.5 Å². The van der Waals surface area contributed by atoms with Crippen molar-refractivity contribution in [3.8, 4) is 0 Å². The second-order valence-corrected chi connectivity index (χ2v) is 3.85. The molecule has 0 saturated carbocycles. The summed E-state index contributed by atoms with van der Waals surface area (Å²) in [5, 5.41) is 3.14. The third kappa shape index (κ3) is 10.0. The summed E-state index contributed by atoms with van der Waals surface area (Å²) in [6.07, 6.45) is -2.72. The molecule has 92 valence electrons. The Hall–Kier alpha value is -0.260. The number of ether oxygens (including phenoxy) is 2. The molecule has 3 nitrogen and oxygen atoms in total. The number of hydrogen-bond donors (Lipinski definition) is 1. The summed E-state index contributed by atoms with van der Waals surface area (Å²) in [5.74, 6) is 0.531. The molecule has 0 fully saturated rings. The van der Waals surface area contributed by atoms with Gasteiger partial charge in [0, 0.05) is 13.7 Å². The Morgan fingerprint density at radius 1 is 1.13 bits per heavy atom. The van der Waals surface area contributed by atoms with Gasteiger partial charge in [0.25, 0.3) is 6.43 Å². The predicted molar refractivity (Wildman–Crippen MR) is 55.3 cm³/mol. The van der Waals surface area contributed by atoms with Gasteiger partial charge in [0.1, 0.15) is 6.61 Å². The summed E-state index contributed by atoms with van der Waals surface area (Å²) in [7, 11) is 1.53. The molecule has 1 N–H and O–H groups in total. The van der Waals surface area contributed by atoms with E-state index in [2.05, 4.69) is 19.2 Å². The first-order valence-electron chi connectivity index (χ1n) is 5.15. The second kappa shape index (κ2) is 9.00. The van der Waals surface area contributed by atoms with Crippen molar-refractivity contribution in [3.63, 3.8) is 0 Å². The molecule has 0 aromatic rings. The maximum Gasteiger partial charge on any atom is 0.261 e. The third-order valence-corrected chi connectivity index (χ3v) is 1.74. The minimum atomic E-state index is -2.42. The molecule has 0 aromatic heterocycles. The number of nitrogens with one attached hydrogen (secondary N) is 1. The van der Waals surface area contributed by atoms with E-state index in [0.29, 0.717) is 19.1 Å². The van der Waals surface area contributed by atoms with Gasteiger partial charge in [-0.2, -0.15) is 0 Å². The van der Waals surface area contributed by atoms with E-state index in [1.165, 1.54) is 7.11 Å². The van der Waals surface area contributed by atoms with Crippen molar-refractivity contribution in [2.75, 3.05) is 33.4 Å².